The van der Waals surface area contributed by atoms with Gasteiger partial charge >= 0.3 is 0 Å². The van der Waals surface area contributed by atoms with Crippen LogP contribution in [0.25, 0.3) is 0 Å². The molecule has 0 unspecified atom stereocenters. The van der Waals surface area contributed by atoms with Crippen LogP contribution >= 0.6 is 0 Å². The molecule has 3 N–H and O–H groups in total. The average molecular weight is 219 g/mol. The van der Waals surface area contributed by atoms with Crippen LogP contribution < -0.4 is 5.73 Å². The fraction of sp³-hybridized carbons (Fsp3) is 0.571. The lowest BCUT2D eigenvalue weighted by molar-refractivity contribution is 0.222. The minimum Gasteiger partial charge on any atom is -0.508 e. The zero-order valence-corrected chi connectivity index (χ0v) is 10.2. The second kappa shape index (κ2) is 4.10. The lowest BCUT2D eigenvalue weighted by atomic mass is 9.62. The van der Waals surface area contributed by atoms with Crippen LogP contribution in [0.4, 0.5) is 0 Å². The Bertz CT molecular complexity index is 394. The maximum Gasteiger partial charge on any atom is 0.119 e. The largest absolute Gasteiger partial charge is 0.508 e. The zero-order chi connectivity index (χ0) is 11.8. The molecule has 1 fully saturated rings. The average Bonchev–Trinajstić information content (AvgIpc) is 2.18. The highest BCUT2D eigenvalue weighted by molar-refractivity contribution is 5.46. The van der Waals surface area contributed by atoms with E-state index >= 15 is 0 Å². The molecule has 0 aromatic heterocycles. The van der Waals surface area contributed by atoms with E-state index < -0.39 is 0 Å². The molecule has 1 aromatic rings. The highest BCUT2D eigenvalue weighted by Crippen LogP contribution is 2.49. The van der Waals surface area contributed by atoms with Crippen molar-refractivity contribution in [2.45, 2.75) is 44.9 Å². The topological polar surface area (TPSA) is 46.2 Å². The molecule has 2 heteroatoms. The van der Waals surface area contributed by atoms with E-state index in [2.05, 4.69) is 13.0 Å². The van der Waals surface area contributed by atoms with E-state index in [9.17, 15) is 5.11 Å². The van der Waals surface area contributed by atoms with Crippen molar-refractivity contribution < 1.29 is 5.11 Å². The molecule has 0 saturated heterocycles. The highest BCUT2D eigenvalue weighted by Gasteiger charge is 2.39. The Morgan fingerprint density at radius 1 is 1.25 bits per heavy atom. The van der Waals surface area contributed by atoms with Gasteiger partial charge in [-0.05, 0) is 56.8 Å². The summed E-state index contributed by atoms with van der Waals surface area (Å²) in [5.41, 5.74) is 9.40. The molecule has 1 aliphatic rings. The second-order valence-corrected chi connectivity index (χ2v) is 5.13. The maximum atomic E-state index is 10.1. The molecule has 0 amide bonds. The van der Waals surface area contributed by atoms with Gasteiger partial charge in [0.15, 0.2) is 0 Å². The van der Waals surface area contributed by atoms with Crippen molar-refractivity contribution in [2.24, 2.45) is 5.73 Å². The lowest BCUT2D eigenvalue weighted by Crippen LogP contribution is -2.36. The van der Waals surface area contributed by atoms with E-state index in [1.807, 2.05) is 13.0 Å². The van der Waals surface area contributed by atoms with Crippen molar-refractivity contribution in [3.8, 4) is 5.75 Å². The summed E-state index contributed by atoms with van der Waals surface area (Å²) in [6.07, 6.45) is 4.58. The Hall–Kier alpha value is -1.02. The van der Waals surface area contributed by atoms with Crippen molar-refractivity contribution in [2.75, 3.05) is 6.54 Å². The van der Waals surface area contributed by atoms with E-state index in [1.54, 1.807) is 0 Å². The van der Waals surface area contributed by atoms with Gasteiger partial charge in [-0.1, -0.05) is 12.5 Å². The number of rotatable bonds is 3. The van der Waals surface area contributed by atoms with Crippen LogP contribution in [0.15, 0.2) is 12.1 Å². The third-order valence-corrected chi connectivity index (χ3v) is 4.12. The Balaban J connectivity index is 2.42. The van der Waals surface area contributed by atoms with Crippen LogP contribution in [0.3, 0.4) is 0 Å². The van der Waals surface area contributed by atoms with Crippen LogP contribution in [0.5, 0.6) is 5.75 Å². The van der Waals surface area contributed by atoms with Crippen LogP contribution in [-0.2, 0) is 5.41 Å². The quantitative estimate of drug-likeness (QED) is 0.821. The van der Waals surface area contributed by atoms with Crippen LogP contribution in [0.1, 0.15) is 42.4 Å². The van der Waals surface area contributed by atoms with Crippen molar-refractivity contribution in [1.29, 1.82) is 0 Å². The minimum absolute atomic E-state index is 0.164. The van der Waals surface area contributed by atoms with E-state index in [-0.39, 0.29) is 5.41 Å². The summed E-state index contributed by atoms with van der Waals surface area (Å²) >= 11 is 0. The molecule has 0 spiro atoms. The molecule has 0 atom stereocenters. The van der Waals surface area contributed by atoms with E-state index in [0.717, 1.165) is 17.5 Å². The van der Waals surface area contributed by atoms with Gasteiger partial charge in [0, 0.05) is 11.0 Å². The summed E-state index contributed by atoms with van der Waals surface area (Å²) < 4.78 is 0. The number of nitrogens with two attached hydrogens (primary N) is 1. The normalized spacial score (nSPS) is 18.2. The molecule has 1 saturated carbocycles. The molecule has 0 bridgehead atoms. The second-order valence-electron chi connectivity index (χ2n) is 5.13. The zero-order valence-electron chi connectivity index (χ0n) is 10.2. The molecule has 1 aromatic carbocycles. The van der Waals surface area contributed by atoms with Gasteiger partial charge in [0.1, 0.15) is 5.75 Å². The van der Waals surface area contributed by atoms with Crippen LogP contribution in [0.2, 0.25) is 0 Å². The van der Waals surface area contributed by atoms with Crippen molar-refractivity contribution in [3.05, 3.63) is 28.8 Å². The SMILES string of the molecule is Cc1cc(O)c(C2(CCN)CCC2)cc1C. The number of phenolic OH excluding ortho intramolecular Hbond substituents is 1. The van der Waals surface area contributed by atoms with Gasteiger partial charge in [-0.25, -0.2) is 0 Å². The fourth-order valence-corrected chi connectivity index (χ4v) is 2.76. The molecule has 2 nitrogen and oxygen atoms in total. The van der Waals surface area contributed by atoms with Gasteiger partial charge in [0.2, 0.25) is 0 Å². The molecular formula is C14H21NO. The van der Waals surface area contributed by atoms with Crippen molar-refractivity contribution in [3.63, 3.8) is 0 Å². The van der Waals surface area contributed by atoms with Crippen molar-refractivity contribution in [1.82, 2.24) is 0 Å². The highest BCUT2D eigenvalue weighted by atomic mass is 16.3. The third-order valence-electron chi connectivity index (χ3n) is 4.12. The van der Waals surface area contributed by atoms with Gasteiger partial charge in [-0.15, -0.1) is 0 Å². The molecule has 1 aliphatic carbocycles. The summed E-state index contributed by atoms with van der Waals surface area (Å²) in [5.74, 6) is 0.455. The number of aromatic hydroxyl groups is 1. The van der Waals surface area contributed by atoms with Gasteiger partial charge in [0.05, 0.1) is 0 Å². The standard InChI is InChI=1S/C14H21NO/c1-10-8-12(13(16)9-11(10)2)14(6-7-15)4-3-5-14/h8-9,16H,3-7,15H2,1-2H3. The number of benzene rings is 1. The first kappa shape index (κ1) is 11.5. The first-order valence-electron chi connectivity index (χ1n) is 6.10. The lowest BCUT2D eigenvalue weighted by Gasteiger charge is -2.43. The van der Waals surface area contributed by atoms with Gasteiger partial charge in [-0.3, -0.25) is 0 Å². The summed E-state index contributed by atoms with van der Waals surface area (Å²) in [6, 6.07) is 4.04. The Morgan fingerprint density at radius 2 is 1.88 bits per heavy atom. The molecule has 0 heterocycles. The maximum absolute atomic E-state index is 10.1. The smallest absolute Gasteiger partial charge is 0.119 e. The molecular weight excluding hydrogens is 198 g/mol. The summed E-state index contributed by atoms with van der Waals surface area (Å²) in [7, 11) is 0. The summed E-state index contributed by atoms with van der Waals surface area (Å²) in [5, 5.41) is 10.1. The fourth-order valence-electron chi connectivity index (χ4n) is 2.76. The Morgan fingerprint density at radius 3 is 2.38 bits per heavy atom. The first-order valence-corrected chi connectivity index (χ1v) is 6.10. The third kappa shape index (κ3) is 1.71. The molecule has 16 heavy (non-hydrogen) atoms. The predicted molar refractivity (Wildman–Crippen MR) is 66.8 cm³/mol. The number of phenols is 1. The van der Waals surface area contributed by atoms with Crippen molar-refractivity contribution >= 4 is 0 Å². The minimum atomic E-state index is 0.164. The molecule has 0 radical (unpaired) electrons. The Kier molecular flexibility index (Phi) is 2.94. The Labute approximate surface area is 97.5 Å². The van der Waals surface area contributed by atoms with Gasteiger partial charge in [0.25, 0.3) is 0 Å². The van der Waals surface area contributed by atoms with E-state index in [4.69, 9.17) is 5.73 Å². The van der Waals surface area contributed by atoms with Crippen LogP contribution in [0, 0.1) is 13.8 Å². The van der Waals surface area contributed by atoms with E-state index in [0.29, 0.717) is 12.3 Å². The summed E-state index contributed by atoms with van der Waals surface area (Å²) in [4.78, 5) is 0. The number of hydrogen-bond donors (Lipinski definition) is 2. The molecule has 0 aliphatic heterocycles. The number of hydrogen-bond acceptors (Lipinski definition) is 2. The van der Waals surface area contributed by atoms with Gasteiger partial charge < -0.3 is 10.8 Å². The molecule has 88 valence electrons. The molecule has 2 rings (SSSR count). The van der Waals surface area contributed by atoms with Crippen LogP contribution in [-0.4, -0.2) is 11.7 Å². The van der Waals surface area contributed by atoms with E-state index in [1.165, 1.54) is 24.8 Å². The number of aryl methyl sites for hydroxylation is 2. The summed E-state index contributed by atoms with van der Waals surface area (Å²) in [6.45, 7) is 4.84. The van der Waals surface area contributed by atoms with Gasteiger partial charge in [-0.2, -0.15) is 0 Å². The first-order chi connectivity index (χ1) is 7.59. The monoisotopic (exact) mass is 219 g/mol. The predicted octanol–water partition coefficient (Wildman–Crippen LogP) is 2.78.